The number of aryl methyl sites for hydroxylation is 1. The minimum Gasteiger partial charge on any atom is -0.465 e. The van der Waals surface area contributed by atoms with Crippen molar-refractivity contribution in [2.24, 2.45) is 5.92 Å². The summed E-state index contributed by atoms with van der Waals surface area (Å²) in [6.07, 6.45) is 2.55. The highest BCUT2D eigenvalue weighted by atomic mass is 16.5. The SMILES string of the molecule is CCc1ccc(NC(=O)CNC(=O)C2CC2)c(C(=O)OC)c1. The largest absolute Gasteiger partial charge is 0.465 e. The lowest BCUT2D eigenvalue weighted by Gasteiger charge is -2.11. The smallest absolute Gasteiger partial charge is 0.339 e. The van der Waals surface area contributed by atoms with Crippen LogP contribution >= 0.6 is 0 Å². The number of carbonyl (C=O) groups excluding carboxylic acids is 3. The number of hydrogen-bond donors (Lipinski definition) is 2. The second-order valence-corrected chi connectivity index (χ2v) is 5.27. The molecule has 0 radical (unpaired) electrons. The van der Waals surface area contributed by atoms with E-state index in [9.17, 15) is 14.4 Å². The minimum atomic E-state index is -0.507. The normalized spacial score (nSPS) is 13.4. The number of nitrogens with one attached hydrogen (secondary N) is 2. The van der Waals surface area contributed by atoms with Gasteiger partial charge >= 0.3 is 5.97 Å². The van der Waals surface area contributed by atoms with Crippen LogP contribution in [0.15, 0.2) is 18.2 Å². The van der Waals surface area contributed by atoms with Gasteiger partial charge in [-0.05, 0) is 37.0 Å². The first-order valence-electron chi connectivity index (χ1n) is 7.34. The molecule has 2 amide bonds. The van der Waals surface area contributed by atoms with Crippen LogP contribution in [0.25, 0.3) is 0 Å². The van der Waals surface area contributed by atoms with Crippen LogP contribution in [0.2, 0.25) is 0 Å². The van der Waals surface area contributed by atoms with E-state index in [0.29, 0.717) is 11.3 Å². The zero-order chi connectivity index (χ0) is 16.1. The number of benzene rings is 1. The van der Waals surface area contributed by atoms with Crippen LogP contribution in [0.4, 0.5) is 5.69 Å². The summed E-state index contributed by atoms with van der Waals surface area (Å²) in [5.74, 6) is -0.914. The summed E-state index contributed by atoms with van der Waals surface area (Å²) in [6.45, 7) is 1.87. The van der Waals surface area contributed by atoms with Gasteiger partial charge < -0.3 is 15.4 Å². The van der Waals surface area contributed by atoms with Crippen molar-refractivity contribution in [1.29, 1.82) is 0 Å². The molecule has 0 heterocycles. The van der Waals surface area contributed by atoms with Crippen LogP contribution in [0, 0.1) is 5.92 Å². The van der Waals surface area contributed by atoms with E-state index in [1.165, 1.54) is 7.11 Å². The van der Waals surface area contributed by atoms with Gasteiger partial charge in [0.25, 0.3) is 0 Å². The Kier molecular flexibility index (Phi) is 5.14. The molecule has 0 aromatic heterocycles. The summed E-state index contributed by atoms with van der Waals surface area (Å²) in [7, 11) is 1.29. The Morgan fingerprint density at radius 2 is 2.00 bits per heavy atom. The molecule has 2 rings (SSSR count). The zero-order valence-electron chi connectivity index (χ0n) is 12.8. The maximum absolute atomic E-state index is 11.9. The Morgan fingerprint density at radius 1 is 1.27 bits per heavy atom. The Bertz CT molecular complexity index is 594. The summed E-state index contributed by atoms with van der Waals surface area (Å²) < 4.78 is 4.74. The average Bonchev–Trinajstić information content (AvgIpc) is 3.37. The topological polar surface area (TPSA) is 84.5 Å². The van der Waals surface area contributed by atoms with Crippen molar-refractivity contribution in [1.82, 2.24) is 5.32 Å². The Balaban J connectivity index is 2.02. The predicted octanol–water partition coefficient (Wildman–Crippen LogP) is 1.50. The molecule has 0 bridgehead atoms. The quantitative estimate of drug-likeness (QED) is 0.780. The van der Waals surface area contributed by atoms with Crippen LogP contribution in [-0.4, -0.2) is 31.4 Å². The summed E-state index contributed by atoms with van der Waals surface area (Å²) >= 11 is 0. The lowest BCUT2D eigenvalue weighted by atomic mass is 10.1. The van der Waals surface area contributed by atoms with Gasteiger partial charge in [-0.1, -0.05) is 13.0 Å². The number of ether oxygens (including phenoxy) is 1. The minimum absolute atomic E-state index is 0.0577. The maximum Gasteiger partial charge on any atom is 0.339 e. The number of rotatable bonds is 6. The lowest BCUT2D eigenvalue weighted by Crippen LogP contribution is -2.34. The first kappa shape index (κ1) is 16.0. The average molecular weight is 304 g/mol. The highest BCUT2D eigenvalue weighted by Gasteiger charge is 2.29. The third-order valence-corrected chi connectivity index (χ3v) is 3.54. The second-order valence-electron chi connectivity index (χ2n) is 5.27. The van der Waals surface area contributed by atoms with Gasteiger partial charge in [0.05, 0.1) is 24.9 Å². The van der Waals surface area contributed by atoms with Gasteiger partial charge in [0.15, 0.2) is 0 Å². The van der Waals surface area contributed by atoms with Crippen molar-refractivity contribution in [2.45, 2.75) is 26.2 Å². The maximum atomic E-state index is 11.9. The van der Waals surface area contributed by atoms with E-state index < -0.39 is 5.97 Å². The van der Waals surface area contributed by atoms with Gasteiger partial charge in [0.2, 0.25) is 11.8 Å². The molecule has 6 nitrogen and oxygen atoms in total. The van der Waals surface area contributed by atoms with Crippen molar-refractivity contribution in [2.75, 3.05) is 19.0 Å². The van der Waals surface area contributed by atoms with Crippen molar-refractivity contribution in [3.05, 3.63) is 29.3 Å². The molecule has 0 atom stereocenters. The monoisotopic (exact) mass is 304 g/mol. The van der Waals surface area contributed by atoms with Gasteiger partial charge in [0.1, 0.15) is 0 Å². The number of hydrogen-bond acceptors (Lipinski definition) is 4. The summed E-state index contributed by atoms with van der Waals surface area (Å²) in [5, 5.41) is 5.22. The highest BCUT2D eigenvalue weighted by molar-refractivity contribution is 6.02. The third-order valence-electron chi connectivity index (χ3n) is 3.54. The molecule has 0 spiro atoms. The van der Waals surface area contributed by atoms with Crippen LogP contribution in [0.5, 0.6) is 0 Å². The molecule has 1 aromatic rings. The molecule has 0 aliphatic heterocycles. The van der Waals surface area contributed by atoms with E-state index in [2.05, 4.69) is 10.6 Å². The summed E-state index contributed by atoms with van der Waals surface area (Å²) in [4.78, 5) is 35.2. The van der Waals surface area contributed by atoms with Gasteiger partial charge in [0, 0.05) is 5.92 Å². The van der Waals surface area contributed by atoms with E-state index in [4.69, 9.17) is 4.74 Å². The molecule has 0 unspecified atom stereocenters. The molecule has 1 saturated carbocycles. The first-order valence-corrected chi connectivity index (χ1v) is 7.34. The number of methoxy groups -OCH3 is 1. The van der Waals surface area contributed by atoms with Crippen molar-refractivity contribution < 1.29 is 19.1 Å². The predicted molar refractivity (Wildman–Crippen MR) is 81.5 cm³/mol. The fraction of sp³-hybridized carbons (Fsp3) is 0.438. The molecule has 2 N–H and O–H groups in total. The summed E-state index contributed by atoms with van der Waals surface area (Å²) in [5.41, 5.74) is 1.67. The van der Waals surface area contributed by atoms with Crippen LogP contribution < -0.4 is 10.6 Å². The van der Waals surface area contributed by atoms with Crippen molar-refractivity contribution >= 4 is 23.5 Å². The van der Waals surface area contributed by atoms with Crippen molar-refractivity contribution in [3.8, 4) is 0 Å². The molecule has 6 heteroatoms. The fourth-order valence-corrected chi connectivity index (χ4v) is 2.05. The molecule has 1 fully saturated rings. The molecule has 22 heavy (non-hydrogen) atoms. The van der Waals surface area contributed by atoms with Gasteiger partial charge in [-0.3, -0.25) is 9.59 Å². The fourth-order valence-electron chi connectivity index (χ4n) is 2.05. The number of carbonyl (C=O) groups is 3. The molecular weight excluding hydrogens is 284 g/mol. The Hall–Kier alpha value is -2.37. The van der Waals surface area contributed by atoms with Crippen LogP contribution in [0.1, 0.15) is 35.7 Å². The summed E-state index contributed by atoms with van der Waals surface area (Å²) in [6, 6.07) is 5.21. The van der Waals surface area contributed by atoms with Crippen LogP contribution in [-0.2, 0) is 20.7 Å². The van der Waals surface area contributed by atoms with E-state index in [1.807, 2.05) is 13.0 Å². The second kappa shape index (κ2) is 7.06. The Labute approximate surface area is 129 Å². The van der Waals surface area contributed by atoms with Gasteiger partial charge in [-0.25, -0.2) is 4.79 Å². The zero-order valence-corrected chi connectivity index (χ0v) is 12.8. The van der Waals surface area contributed by atoms with Gasteiger partial charge in [-0.2, -0.15) is 0 Å². The first-order chi connectivity index (χ1) is 10.5. The third kappa shape index (κ3) is 4.07. The number of esters is 1. The van der Waals surface area contributed by atoms with E-state index in [0.717, 1.165) is 24.8 Å². The van der Waals surface area contributed by atoms with E-state index >= 15 is 0 Å². The van der Waals surface area contributed by atoms with E-state index in [1.54, 1.807) is 12.1 Å². The molecule has 1 aromatic carbocycles. The standard InChI is InChI=1S/C16H20N2O4/c1-3-10-4-7-13(12(8-10)16(21)22-2)18-14(19)9-17-15(20)11-5-6-11/h4,7-8,11H,3,5-6,9H2,1-2H3,(H,17,20)(H,18,19). The molecule has 1 aliphatic carbocycles. The van der Waals surface area contributed by atoms with E-state index in [-0.39, 0.29) is 24.3 Å². The molecular formula is C16H20N2O4. The highest BCUT2D eigenvalue weighted by Crippen LogP contribution is 2.28. The number of amides is 2. The molecule has 0 saturated heterocycles. The Morgan fingerprint density at radius 3 is 2.59 bits per heavy atom. The van der Waals surface area contributed by atoms with Crippen molar-refractivity contribution in [3.63, 3.8) is 0 Å². The number of anilines is 1. The molecule has 118 valence electrons. The molecule has 1 aliphatic rings. The van der Waals surface area contributed by atoms with Gasteiger partial charge in [-0.15, -0.1) is 0 Å². The van der Waals surface area contributed by atoms with Crippen LogP contribution in [0.3, 0.4) is 0 Å². The lowest BCUT2D eigenvalue weighted by molar-refractivity contribution is -0.125.